The van der Waals surface area contributed by atoms with Gasteiger partial charge in [-0.05, 0) is 99.5 Å². The fourth-order valence-electron chi connectivity index (χ4n) is 5.28. The molecule has 1 aromatic rings. The van der Waals surface area contributed by atoms with Crippen LogP contribution in [-0.2, 0) is 0 Å². The monoisotopic (exact) mass is 378 g/mol. The minimum atomic E-state index is 0.704. The Kier molecular flexibility index (Phi) is 8.53. The van der Waals surface area contributed by atoms with Gasteiger partial charge in [0, 0.05) is 5.56 Å². The summed E-state index contributed by atoms with van der Waals surface area (Å²) in [6.45, 7) is 5.05. The van der Waals surface area contributed by atoms with Gasteiger partial charge in [-0.15, -0.1) is 0 Å². The summed E-state index contributed by atoms with van der Waals surface area (Å²) in [7, 11) is 0. The van der Waals surface area contributed by atoms with E-state index in [2.05, 4.69) is 30.9 Å². The first kappa shape index (κ1) is 21.0. The number of benzene rings is 1. The van der Waals surface area contributed by atoms with E-state index in [0.717, 1.165) is 35.0 Å². The summed E-state index contributed by atoms with van der Waals surface area (Å²) in [4.78, 5) is 0. The van der Waals surface area contributed by atoms with Crippen LogP contribution in [0, 0.1) is 35.5 Å². The van der Waals surface area contributed by atoms with Crippen LogP contribution in [0.5, 0.6) is 5.75 Å². The molecule has 0 bridgehead atoms. The molecule has 152 valence electrons. The molecule has 2 saturated carbocycles. The first-order valence-corrected chi connectivity index (χ1v) is 11.7. The maximum atomic E-state index is 5.47. The Balaban J connectivity index is 1.39. The van der Waals surface area contributed by atoms with Crippen LogP contribution in [0.3, 0.4) is 0 Å². The Hall–Kier alpha value is -1.68. The van der Waals surface area contributed by atoms with Crippen molar-refractivity contribution in [3.05, 3.63) is 42.0 Å². The molecule has 0 unspecified atom stereocenters. The minimum Gasteiger partial charge on any atom is -0.494 e. The van der Waals surface area contributed by atoms with Crippen molar-refractivity contribution >= 4 is 0 Å². The molecule has 0 heterocycles. The van der Waals surface area contributed by atoms with Crippen LogP contribution < -0.4 is 4.74 Å². The normalized spacial score (nSPS) is 27.9. The van der Waals surface area contributed by atoms with Crippen LogP contribution in [0.4, 0.5) is 0 Å². The summed E-state index contributed by atoms with van der Waals surface area (Å²) in [6.07, 6.45) is 18.9. The molecule has 0 radical (unpaired) electrons. The zero-order chi connectivity index (χ0) is 19.6. The van der Waals surface area contributed by atoms with E-state index in [9.17, 15) is 0 Å². The van der Waals surface area contributed by atoms with Gasteiger partial charge in [0.2, 0.25) is 0 Å². The van der Waals surface area contributed by atoms with Gasteiger partial charge < -0.3 is 4.74 Å². The predicted octanol–water partition coefficient (Wildman–Crippen LogP) is 7.41. The highest BCUT2D eigenvalue weighted by Gasteiger charge is 2.29. The highest BCUT2D eigenvalue weighted by molar-refractivity contribution is 5.40. The van der Waals surface area contributed by atoms with Gasteiger partial charge in [-0.1, -0.05) is 50.5 Å². The molecule has 2 aliphatic rings. The molecule has 1 heteroatoms. The fourth-order valence-corrected chi connectivity index (χ4v) is 5.28. The summed E-state index contributed by atoms with van der Waals surface area (Å²) < 4.78 is 5.47. The Bertz CT molecular complexity index is 644. The van der Waals surface area contributed by atoms with Crippen molar-refractivity contribution in [2.24, 2.45) is 23.7 Å². The summed E-state index contributed by atoms with van der Waals surface area (Å²) >= 11 is 0. The maximum absolute atomic E-state index is 5.47. The Morgan fingerprint density at radius 1 is 0.893 bits per heavy atom. The van der Waals surface area contributed by atoms with E-state index in [0.29, 0.717) is 6.61 Å². The molecule has 0 aromatic heterocycles. The SMILES string of the molecule is CCC[C@H]1CC[C@H](C2CCC(/C=C/C#Cc3ccc(OCC)cc3)CC2)CC1. The number of allylic oxidation sites excluding steroid dienone is 2. The van der Waals surface area contributed by atoms with E-state index in [-0.39, 0.29) is 0 Å². The molecular weight excluding hydrogens is 340 g/mol. The van der Waals surface area contributed by atoms with Gasteiger partial charge >= 0.3 is 0 Å². The topological polar surface area (TPSA) is 9.23 Å². The first-order chi connectivity index (χ1) is 13.8. The van der Waals surface area contributed by atoms with Gasteiger partial charge in [-0.2, -0.15) is 0 Å². The number of hydrogen-bond donors (Lipinski definition) is 0. The minimum absolute atomic E-state index is 0.704. The van der Waals surface area contributed by atoms with Gasteiger partial charge in [0.25, 0.3) is 0 Å². The summed E-state index contributed by atoms with van der Waals surface area (Å²) in [5.41, 5.74) is 1.05. The third kappa shape index (κ3) is 6.44. The summed E-state index contributed by atoms with van der Waals surface area (Å²) in [6, 6.07) is 8.06. The Morgan fingerprint density at radius 2 is 1.54 bits per heavy atom. The van der Waals surface area contributed by atoms with Gasteiger partial charge in [-0.3, -0.25) is 0 Å². The van der Waals surface area contributed by atoms with Crippen LogP contribution in [0.1, 0.15) is 83.6 Å². The zero-order valence-corrected chi connectivity index (χ0v) is 18.0. The standard InChI is InChI=1S/C27H38O/c1-3-7-22-10-16-25(17-11-22)26-18-12-23(13-19-26)8-5-6-9-24-14-20-27(21-15-24)28-4-2/h5,8,14-15,20-23,25-26H,3-4,7,10-13,16-19H2,1-2H3/b8-5+/t22-,23?,25-,26?. The average Bonchev–Trinajstić information content (AvgIpc) is 2.74. The van der Waals surface area contributed by atoms with E-state index in [1.165, 1.54) is 64.2 Å². The second kappa shape index (κ2) is 11.4. The number of ether oxygens (including phenoxy) is 1. The smallest absolute Gasteiger partial charge is 0.119 e. The lowest BCUT2D eigenvalue weighted by Crippen LogP contribution is -2.25. The molecule has 0 atom stereocenters. The van der Waals surface area contributed by atoms with Gasteiger partial charge in [-0.25, -0.2) is 0 Å². The zero-order valence-electron chi connectivity index (χ0n) is 18.0. The number of hydrogen-bond acceptors (Lipinski definition) is 1. The van der Waals surface area contributed by atoms with Crippen LogP contribution in [0.2, 0.25) is 0 Å². The second-order valence-corrected chi connectivity index (χ2v) is 8.83. The largest absolute Gasteiger partial charge is 0.494 e. The highest BCUT2D eigenvalue weighted by atomic mass is 16.5. The molecule has 0 aliphatic heterocycles. The van der Waals surface area contributed by atoms with Crippen LogP contribution >= 0.6 is 0 Å². The molecule has 3 rings (SSSR count). The molecule has 1 nitrogen and oxygen atoms in total. The van der Waals surface area contributed by atoms with E-state index >= 15 is 0 Å². The van der Waals surface area contributed by atoms with Crippen molar-refractivity contribution in [2.45, 2.75) is 78.1 Å². The average molecular weight is 379 g/mol. The fraction of sp³-hybridized carbons (Fsp3) is 0.630. The quantitative estimate of drug-likeness (QED) is 0.468. The number of rotatable bonds is 6. The third-order valence-electron chi connectivity index (χ3n) is 6.91. The molecule has 2 fully saturated rings. The van der Waals surface area contributed by atoms with Crippen molar-refractivity contribution in [1.29, 1.82) is 0 Å². The maximum Gasteiger partial charge on any atom is 0.119 e. The van der Waals surface area contributed by atoms with Crippen LogP contribution in [0.15, 0.2) is 36.4 Å². The van der Waals surface area contributed by atoms with Gasteiger partial charge in [0.15, 0.2) is 0 Å². The molecule has 0 amide bonds. The predicted molar refractivity (Wildman–Crippen MR) is 119 cm³/mol. The Morgan fingerprint density at radius 3 is 2.14 bits per heavy atom. The van der Waals surface area contributed by atoms with Crippen molar-refractivity contribution in [1.82, 2.24) is 0 Å². The van der Waals surface area contributed by atoms with E-state index < -0.39 is 0 Å². The Labute approximate surface area is 173 Å². The van der Waals surface area contributed by atoms with E-state index in [1.807, 2.05) is 31.2 Å². The van der Waals surface area contributed by atoms with Crippen molar-refractivity contribution in [3.63, 3.8) is 0 Å². The second-order valence-electron chi connectivity index (χ2n) is 8.83. The molecule has 0 N–H and O–H groups in total. The lowest BCUT2D eigenvalue weighted by atomic mass is 9.69. The first-order valence-electron chi connectivity index (χ1n) is 11.7. The summed E-state index contributed by atoms with van der Waals surface area (Å²) in [5, 5.41) is 0. The summed E-state index contributed by atoms with van der Waals surface area (Å²) in [5.74, 6) is 11.2. The lowest BCUT2D eigenvalue weighted by molar-refractivity contribution is 0.152. The molecular formula is C27H38O. The lowest BCUT2D eigenvalue weighted by Gasteiger charge is -2.37. The van der Waals surface area contributed by atoms with Crippen molar-refractivity contribution in [2.75, 3.05) is 6.61 Å². The molecule has 0 saturated heterocycles. The van der Waals surface area contributed by atoms with Crippen LogP contribution in [-0.4, -0.2) is 6.61 Å². The molecule has 2 aliphatic carbocycles. The van der Waals surface area contributed by atoms with E-state index in [4.69, 9.17) is 4.74 Å². The third-order valence-corrected chi connectivity index (χ3v) is 6.91. The van der Waals surface area contributed by atoms with Crippen LogP contribution in [0.25, 0.3) is 0 Å². The highest BCUT2D eigenvalue weighted by Crippen LogP contribution is 2.42. The van der Waals surface area contributed by atoms with Crippen molar-refractivity contribution < 1.29 is 4.74 Å². The molecule has 0 spiro atoms. The van der Waals surface area contributed by atoms with Gasteiger partial charge in [0.05, 0.1) is 6.61 Å². The van der Waals surface area contributed by atoms with E-state index in [1.54, 1.807) is 0 Å². The van der Waals surface area contributed by atoms with Crippen molar-refractivity contribution in [3.8, 4) is 17.6 Å². The molecule has 28 heavy (non-hydrogen) atoms. The van der Waals surface area contributed by atoms with Gasteiger partial charge in [0.1, 0.15) is 5.75 Å². The molecule has 1 aromatic carbocycles.